The molecule has 1 fully saturated rings. The summed E-state index contributed by atoms with van der Waals surface area (Å²) in [5, 5.41) is 3.37. The number of pyridine rings is 1. The van der Waals surface area contributed by atoms with Crippen molar-refractivity contribution >= 4 is 10.0 Å². The van der Waals surface area contributed by atoms with Crippen LogP contribution in [-0.2, 0) is 16.6 Å². The van der Waals surface area contributed by atoms with Gasteiger partial charge < -0.3 is 5.32 Å². The van der Waals surface area contributed by atoms with Gasteiger partial charge in [-0.05, 0) is 30.4 Å². The zero-order valence-corrected chi connectivity index (χ0v) is 13.6. The maximum absolute atomic E-state index is 12.1. The van der Waals surface area contributed by atoms with Crippen LogP contribution in [0.25, 0.3) is 0 Å². The van der Waals surface area contributed by atoms with E-state index in [4.69, 9.17) is 0 Å². The molecule has 0 bridgehead atoms. The molecule has 1 aliphatic carbocycles. The van der Waals surface area contributed by atoms with Crippen LogP contribution in [0.4, 0.5) is 0 Å². The van der Waals surface area contributed by atoms with E-state index >= 15 is 0 Å². The Bertz CT molecular complexity index is 537. The van der Waals surface area contributed by atoms with Crippen LogP contribution in [-0.4, -0.2) is 26.0 Å². The first-order valence-corrected chi connectivity index (χ1v) is 9.13. The highest BCUT2D eigenvalue weighted by atomic mass is 32.2. The van der Waals surface area contributed by atoms with E-state index in [1.807, 2.05) is 0 Å². The molecule has 0 saturated heterocycles. The van der Waals surface area contributed by atoms with Gasteiger partial charge in [0.05, 0.1) is 0 Å². The molecule has 2 N–H and O–H groups in total. The molecule has 5 nitrogen and oxygen atoms in total. The maximum Gasteiger partial charge on any atom is 0.258 e. The highest BCUT2D eigenvalue weighted by Crippen LogP contribution is 2.33. The Kier molecular flexibility index (Phi) is 5.72. The molecule has 0 aliphatic heterocycles. The Morgan fingerprint density at radius 3 is 2.67 bits per heavy atom. The highest BCUT2D eigenvalue weighted by Gasteiger charge is 2.21. The van der Waals surface area contributed by atoms with Gasteiger partial charge in [0.15, 0.2) is 5.03 Å². The van der Waals surface area contributed by atoms with Crippen LogP contribution in [0.5, 0.6) is 0 Å². The van der Waals surface area contributed by atoms with Gasteiger partial charge in [0.25, 0.3) is 10.0 Å². The van der Waals surface area contributed by atoms with Crippen LogP contribution in [0.3, 0.4) is 0 Å². The predicted octanol–water partition coefficient (Wildman–Crippen LogP) is 2.05. The van der Waals surface area contributed by atoms with Crippen molar-refractivity contribution in [2.45, 2.75) is 57.1 Å². The highest BCUT2D eigenvalue weighted by molar-refractivity contribution is 7.89. The smallest absolute Gasteiger partial charge is 0.258 e. The fraction of sp³-hybridized carbons (Fsp3) is 0.667. The zero-order valence-electron chi connectivity index (χ0n) is 12.8. The lowest BCUT2D eigenvalue weighted by molar-refractivity contribution is 0.567. The molecule has 1 aromatic heterocycles. The van der Waals surface area contributed by atoms with Crippen LogP contribution < -0.4 is 10.0 Å². The second kappa shape index (κ2) is 7.33. The molecule has 1 aromatic rings. The third-order valence-corrected chi connectivity index (χ3v) is 4.94. The van der Waals surface area contributed by atoms with Gasteiger partial charge >= 0.3 is 0 Å². The van der Waals surface area contributed by atoms with E-state index in [-0.39, 0.29) is 5.03 Å². The van der Waals surface area contributed by atoms with Crippen molar-refractivity contribution in [2.75, 3.05) is 6.54 Å². The van der Waals surface area contributed by atoms with Crippen LogP contribution in [0, 0.1) is 5.92 Å². The van der Waals surface area contributed by atoms with Gasteiger partial charge in [0, 0.05) is 25.3 Å². The molecule has 2 rings (SSSR count). The van der Waals surface area contributed by atoms with Gasteiger partial charge in [-0.2, -0.15) is 0 Å². The number of nitrogens with zero attached hydrogens (tertiary/aromatic N) is 1. The summed E-state index contributed by atoms with van der Waals surface area (Å²) in [6.07, 6.45) is 6.25. The van der Waals surface area contributed by atoms with Crippen LogP contribution >= 0.6 is 0 Å². The van der Waals surface area contributed by atoms with E-state index in [0.717, 1.165) is 24.3 Å². The summed E-state index contributed by atoms with van der Waals surface area (Å²) in [6, 6.07) is 3.77. The summed E-state index contributed by atoms with van der Waals surface area (Å²) < 4.78 is 26.8. The van der Waals surface area contributed by atoms with Crippen molar-refractivity contribution in [3.8, 4) is 0 Å². The van der Waals surface area contributed by atoms with E-state index in [2.05, 4.69) is 28.9 Å². The lowest BCUT2D eigenvalue weighted by Crippen LogP contribution is -2.26. The van der Waals surface area contributed by atoms with Crippen LogP contribution in [0.15, 0.2) is 23.4 Å². The topological polar surface area (TPSA) is 71.1 Å². The number of hydrogen-bond donors (Lipinski definition) is 2. The zero-order chi connectivity index (χ0) is 15.3. The standard InChI is InChI=1S/C15H25N3O2S/c1-12(2)16-10-14-7-8-15(17-11-14)21(19,20)18-9-3-4-13-5-6-13/h7-8,11-13,16,18H,3-6,9-10H2,1-2H3. The lowest BCUT2D eigenvalue weighted by Gasteiger charge is -2.09. The largest absolute Gasteiger partial charge is 0.310 e. The summed E-state index contributed by atoms with van der Waals surface area (Å²) in [7, 11) is -3.47. The quantitative estimate of drug-likeness (QED) is 0.685. The van der Waals surface area contributed by atoms with Gasteiger partial charge in [0.2, 0.25) is 0 Å². The molecule has 0 amide bonds. The summed E-state index contributed by atoms with van der Waals surface area (Å²) in [6.45, 7) is 5.33. The molecule has 1 aliphatic rings. The Balaban J connectivity index is 1.83. The van der Waals surface area contributed by atoms with Gasteiger partial charge in [-0.15, -0.1) is 0 Å². The van der Waals surface area contributed by atoms with Crippen molar-refractivity contribution in [1.29, 1.82) is 0 Å². The molecule has 0 spiro atoms. The Labute approximate surface area is 127 Å². The molecule has 1 heterocycles. The first-order chi connectivity index (χ1) is 9.97. The maximum atomic E-state index is 12.1. The average molecular weight is 311 g/mol. The third-order valence-electron chi connectivity index (χ3n) is 3.57. The monoisotopic (exact) mass is 311 g/mol. The van der Waals surface area contributed by atoms with Gasteiger partial charge in [0.1, 0.15) is 0 Å². The summed E-state index contributed by atoms with van der Waals surface area (Å²) >= 11 is 0. The SMILES string of the molecule is CC(C)NCc1ccc(S(=O)(=O)NCCCC2CC2)nc1. The number of sulfonamides is 1. The predicted molar refractivity (Wildman–Crippen MR) is 83.4 cm³/mol. The van der Waals surface area contributed by atoms with E-state index in [9.17, 15) is 8.42 Å². The van der Waals surface area contributed by atoms with E-state index in [0.29, 0.717) is 19.1 Å². The summed E-state index contributed by atoms with van der Waals surface area (Å²) in [5.74, 6) is 0.834. The first-order valence-electron chi connectivity index (χ1n) is 7.65. The van der Waals surface area contributed by atoms with E-state index < -0.39 is 10.0 Å². The first kappa shape index (κ1) is 16.4. The van der Waals surface area contributed by atoms with Gasteiger partial charge in [-0.3, -0.25) is 0 Å². The van der Waals surface area contributed by atoms with E-state index in [1.54, 1.807) is 18.3 Å². The molecular weight excluding hydrogens is 286 g/mol. The van der Waals surface area contributed by atoms with Crippen molar-refractivity contribution < 1.29 is 8.42 Å². The Morgan fingerprint density at radius 2 is 2.10 bits per heavy atom. The van der Waals surface area contributed by atoms with Crippen molar-refractivity contribution in [2.24, 2.45) is 5.92 Å². The third kappa shape index (κ3) is 5.73. The van der Waals surface area contributed by atoms with Gasteiger partial charge in [-0.25, -0.2) is 18.1 Å². The molecular formula is C15H25N3O2S. The molecule has 1 saturated carbocycles. The van der Waals surface area contributed by atoms with Crippen molar-refractivity contribution in [3.63, 3.8) is 0 Å². The Hall–Kier alpha value is -0.980. The fourth-order valence-electron chi connectivity index (χ4n) is 2.07. The van der Waals surface area contributed by atoms with Crippen LogP contribution in [0.1, 0.15) is 45.1 Å². The molecule has 0 radical (unpaired) electrons. The minimum atomic E-state index is -3.47. The average Bonchev–Trinajstić information content (AvgIpc) is 3.26. The number of aromatic nitrogens is 1. The minimum absolute atomic E-state index is 0.0993. The van der Waals surface area contributed by atoms with Gasteiger partial charge in [-0.1, -0.05) is 32.8 Å². The minimum Gasteiger partial charge on any atom is -0.310 e. The number of rotatable bonds is 9. The summed E-state index contributed by atoms with van der Waals surface area (Å²) in [4.78, 5) is 4.06. The van der Waals surface area contributed by atoms with E-state index in [1.165, 1.54) is 12.8 Å². The molecule has 118 valence electrons. The second-order valence-electron chi connectivity index (χ2n) is 6.02. The number of hydrogen-bond acceptors (Lipinski definition) is 4. The molecule has 0 atom stereocenters. The van der Waals surface area contributed by atoms with Crippen LogP contribution in [0.2, 0.25) is 0 Å². The summed E-state index contributed by atoms with van der Waals surface area (Å²) in [5.41, 5.74) is 0.983. The Morgan fingerprint density at radius 1 is 1.33 bits per heavy atom. The lowest BCUT2D eigenvalue weighted by atomic mass is 10.2. The molecule has 0 unspecified atom stereocenters. The normalized spacial score (nSPS) is 15.6. The molecule has 0 aromatic carbocycles. The second-order valence-corrected chi connectivity index (χ2v) is 7.74. The molecule has 6 heteroatoms. The van der Waals surface area contributed by atoms with Crippen molar-refractivity contribution in [3.05, 3.63) is 23.9 Å². The molecule has 21 heavy (non-hydrogen) atoms. The number of nitrogens with one attached hydrogen (secondary N) is 2. The van der Waals surface area contributed by atoms with Crippen molar-refractivity contribution in [1.82, 2.24) is 15.0 Å². The fourth-order valence-corrected chi connectivity index (χ4v) is 3.07.